The molecule has 0 saturated carbocycles. The normalized spacial score (nSPS) is 12.1. The maximum absolute atomic E-state index is 6.16. The van der Waals surface area contributed by atoms with E-state index in [9.17, 15) is 0 Å². The number of pyridine rings is 1. The van der Waals surface area contributed by atoms with E-state index in [4.69, 9.17) is 28.2 Å². The molecule has 3 nitrogen and oxygen atoms in total. The first kappa shape index (κ1) is 16.2. The van der Waals surface area contributed by atoms with E-state index in [2.05, 4.69) is 28.8 Å². The van der Waals surface area contributed by atoms with Gasteiger partial charge in [-0.3, -0.25) is 4.98 Å². The van der Waals surface area contributed by atoms with Crippen LogP contribution in [0.5, 0.6) is 0 Å². The first-order chi connectivity index (χ1) is 11.1. The third-order valence-corrected chi connectivity index (χ3v) is 4.92. The van der Waals surface area contributed by atoms with Crippen molar-refractivity contribution < 1.29 is 0 Å². The lowest BCUT2D eigenvalue weighted by atomic mass is 10.1. The predicted molar refractivity (Wildman–Crippen MR) is 97.6 cm³/mol. The quantitative estimate of drug-likeness (QED) is 0.584. The van der Waals surface area contributed by atoms with Crippen LogP contribution in [0.3, 0.4) is 0 Å². The number of hydrogen-bond donors (Lipinski definition) is 0. The second-order valence-corrected chi connectivity index (χ2v) is 6.97. The molecule has 0 aliphatic heterocycles. The van der Waals surface area contributed by atoms with Crippen LogP contribution < -0.4 is 4.80 Å². The van der Waals surface area contributed by atoms with E-state index in [-0.39, 0.29) is 6.04 Å². The Hall–Kier alpha value is -1.62. The summed E-state index contributed by atoms with van der Waals surface area (Å²) in [6, 6.07) is 9.77. The maximum atomic E-state index is 6.16. The summed E-state index contributed by atoms with van der Waals surface area (Å²) in [5.74, 6) is 0. The molecule has 0 amide bonds. The minimum absolute atomic E-state index is 0.265. The fraction of sp³-hybridized carbons (Fsp3) is 0.176. The van der Waals surface area contributed by atoms with E-state index in [1.165, 1.54) is 0 Å². The van der Waals surface area contributed by atoms with Crippen molar-refractivity contribution in [1.29, 1.82) is 0 Å². The van der Waals surface area contributed by atoms with Gasteiger partial charge in [-0.25, -0.2) is 4.99 Å². The highest BCUT2D eigenvalue weighted by molar-refractivity contribution is 7.07. The smallest absolute Gasteiger partial charge is 0.190 e. The van der Waals surface area contributed by atoms with Crippen LogP contribution in [-0.4, -0.2) is 9.55 Å². The highest BCUT2D eigenvalue weighted by atomic mass is 35.5. The van der Waals surface area contributed by atoms with Crippen LogP contribution in [-0.2, 0) is 0 Å². The molecule has 0 unspecified atom stereocenters. The fourth-order valence-corrected chi connectivity index (χ4v) is 3.64. The Balaban J connectivity index is 2.16. The van der Waals surface area contributed by atoms with Crippen molar-refractivity contribution in [3.8, 4) is 11.3 Å². The number of hydrogen-bond acceptors (Lipinski definition) is 3. The average molecular weight is 364 g/mol. The molecule has 0 aliphatic rings. The van der Waals surface area contributed by atoms with Gasteiger partial charge in [0.2, 0.25) is 0 Å². The summed E-state index contributed by atoms with van der Waals surface area (Å²) >= 11 is 13.8. The first-order valence-electron chi connectivity index (χ1n) is 7.16. The summed E-state index contributed by atoms with van der Waals surface area (Å²) in [5.41, 5.74) is 2.94. The van der Waals surface area contributed by atoms with Gasteiger partial charge < -0.3 is 4.57 Å². The van der Waals surface area contributed by atoms with E-state index < -0.39 is 0 Å². The number of thiazole rings is 1. The Labute approximate surface area is 148 Å². The second-order valence-electron chi connectivity index (χ2n) is 5.32. The molecule has 0 aliphatic carbocycles. The van der Waals surface area contributed by atoms with Crippen LogP contribution in [0.15, 0.2) is 53.1 Å². The average Bonchev–Trinajstić information content (AvgIpc) is 2.95. The molecule has 0 N–H and O–H groups in total. The SMILES string of the molecule is CC(C)n1c(-c2ccc(Cl)c(Cl)c2)csc1=Nc1cccnc1. The fourth-order valence-electron chi connectivity index (χ4n) is 2.30. The van der Waals surface area contributed by atoms with Gasteiger partial charge in [0, 0.05) is 23.2 Å². The Kier molecular flexibility index (Phi) is 4.85. The molecule has 0 spiro atoms. The predicted octanol–water partition coefficient (Wildman–Crippen LogP) is 5.73. The van der Waals surface area contributed by atoms with Crippen molar-refractivity contribution in [2.75, 3.05) is 0 Å². The van der Waals surface area contributed by atoms with Crippen molar-refractivity contribution >= 4 is 40.2 Å². The molecule has 2 aromatic heterocycles. The van der Waals surface area contributed by atoms with E-state index in [1.54, 1.807) is 23.7 Å². The van der Waals surface area contributed by atoms with Gasteiger partial charge in [0.05, 0.1) is 27.6 Å². The van der Waals surface area contributed by atoms with E-state index in [0.717, 1.165) is 21.7 Å². The van der Waals surface area contributed by atoms with Gasteiger partial charge in [0.25, 0.3) is 0 Å². The molecule has 23 heavy (non-hydrogen) atoms. The highest BCUT2D eigenvalue weighted by Crippen LogP contribution is 2.30. The van der Waals surface area contributed by atoms with Crippen LogP contribution in [0.2, 0.25) is 10.0 Å². The van der Waals surface area contributed by atoms with Gasteiger partial charge in [0.1, 0.15) is 0 Å². The molecule has 0 fully saturated rings. The number of nitrogens with zero attached hydrogens (tertiary/aromatic N) is 3. The number of aromatic nitrogens is 2. The molecule has 2 heterocycles. The molecule has 6 heteroatoms. The Morgan fingerprint density at radius 2 is 2.00 bits per heavy atom. The zero-order valence-electron chi connectivity index (χ0n) is 12.7. The van der Waals surface area contributed by atoms with E-state index >= 15 is 0 Å². The van der Waals surface area contributed by atoms with Gasteiger partial charge in [-0.1, -0.05) is 29.3 Å². The summed E-state index contributed by atoms with van der Waals surface area (Å²) in [6.45, 7) is 4.27. The summed E-state index contributed by atoms with van der Waals surface area (Å²) < 4.78 is 2.19. The highest BCUT2D eigenvalue weighted by Gasteiger charge is 2.12. The van der Waals surface area contributed by atoms with Crippen LogP contribution in [0.4, 0.5) is 5.69 Å². The largest absolute Gasteiger partial charge is 0.314 e. The van der Waals surface area contributed by atoms with Crippen molar-refractivity contribution in [2.24, 2.45) is 4.99 Å². The molecule has 3 aromatic rings. The minimum Gasteiger partial charge on any atom is -0.314 e. The lowest BCUT2D eigenvalue weighted by molar-refractivity contribution is 0.591. The molecule has 0 atom stereocenters. The van der Waals surface area contributed by atoms with Crippen LogP contribution in [0, 0.1) is 0 Å². The molecule has 3 rings (SSSR count). The molecule has 0 bridgehead atoms. The zero-order chi connectivity index (χ0) is 16.4. The molecule has 0 saturated heterocycles. The standard InChI is InChI=1S/C17H15Cl2N3S/c1-11(2)22-16(12-5-6-14(18)15(19)8-12)10-23-17(22)21-13-4-3-7-20-9-13/h3-11H,1-2H3. The summed E-state index contributed by atoms with van der Waals surface area (Å²) in [4.78, 5) is 9.74. The van der Waals surface area contributed by atoms with Gasteiger partial charge in [-0.15, -0.1) is 11.3 Å². The Morgan fingerprint density at radius 3 is 2.65 bits per heavy atom. The lowest BCUT2D eigenvalue weighted by Gasteiger charge is -2.13. The maximum Gasteiger partial charge on any atom is 0.190 e. The van der Waals surface area contributed by atoms with E-state index in [1.807, 2.05) is 30.3 Å². The number of halogens is 2. The van der Waals surface area contributed by atoms with Gasteiger partial charge in [0.15, 0.2) is 4.80 Å². The number of benzene rings is 1. The van der Waals surface area contributed by atoms with Gasteiger partial charge in [-0.2, -0.15) is 0 Å². The molecular weight excluding hydrogens is 349 g/mol. The van der Waals surface area contributed by atoms with Crippen molar-refractivity contribution in [1.82, 2.24) is 9.55 Å². The zero-order valence-corrected chi connectivity index (χ0v) is 15.0. The summed E-state index contributed by atoms with van der Waals surface area (Å²) in [7, 11) is 0. The second kappa shape index (κ2) is 6.87. The first-order valence-corrected chi connectivity index (χ1v) is 8.80. The lowest BCUT2D eigenvalue weighted by Crippen LogP contribution is -2.17. The molecular formula is C17H15Cl2N3S. The van der Waals surface area contributed by atoms with Crippen molar-refractivity contribution in [2.45, 2.75) is 19.9 Å². The third kappa shape index (κ3) is 3.50. The molecule has 0 radical (unpaired) electrons. The Bertz CT molecular complexity index is 882. The van der Waals surface area contributed by atoms with E-state index in [0.29, 0.717) is 10.0 Å². The monoisotopic (exact) mass is 363 g/mol. The van der Waals surface area contributed by atoms with Crippen molar-refractivity contribution in [3.05, 3.63) is 63.0 Å². The van der Waals surface area contributed by atoms with Crippen LogP contribution in [0.25, 0.3) is 11.3 Å². The Morgan fingerprint density at radius 1 is 1.17 bits per heavy atom. The molecule has 118 valence electrons. The summed E-state index contributed by atoms with van der Waals surface area (Å²) in [5, 5.41) is 3.20. The molecule has 1 aromatic carbocycles. The van der Waals surface area contributed by atoms with Gasteiger partial charge in [-0.05, 0) is 38.1 Å². The topological polar surface area (TPSA) is 30.2 Å². The number of rotatable bonds is 3. The van der Waals surface area contributed by atoms with Crippen molar-refractivity contribution in [3.63, 3.8) is 0 Å². The van der Waals surface area contributed by atoms with Crippen LogP contribution in [0.1, 0.15) is 19.9 Å². The van der Waals surface area contributed by atoms with Crippen LogP contribution >= 0.6 is 34.5 Å². The third-order valence-electron chi connectivity index (χ3n) is 3.34. The summed E-state index contributed by atoms with van der Waals surface area (Å²) in [6.07, 6.45) is 3.49. The minimum atomic E-state index is 0.265. The van der Waals surface area contributed by atoms with Gasteiger partial charge >= 0.3 is 0 Å².